The fraction of sp³-hybridized carbons (Fsp3) is 0.316. The minimum absolute atomic E-state index is 0.304. The monoisotopic (exact) mass is 375 g/mol. The summed E-state index contributed by atoms with van der Waals surface area (Å²) in [7, 11) is 1.29. The molecule has 0 spiro atoms. The number of hydrogen-bond donors (Lipinski definition) is 2. The van der Waals surface area contributed by atoms with Crippen LogP contribution in [0.4, 0.5) is 11.5 Å². The molecule has 0 bridgehead atoms. The molecule has 0 fully saturated rings. The highest BCUT2D eigenvalue weighted by molar-refractivity contribution is 6.34. The number of carbonyl (C=O) groups is 2. The van der Waals surface area contributed by atoms with Gasteiger partial charge in [0, 0.05) is 18.3 Å². The Hall–Kier alpha value is -2.60. The van der Waals surface area contributed by atoms with E-state index in [1.54, 1.807) is 18.3 Å². The third kappa shape index (κ3) is 5.46. The number of nitrogens with zero attached hydrogens (tertiary/aromatic N) is 1. The van der Waals surface area contributed by atoms with Crippen LogP contribution in [0.15, 0.2) is 36.5 Å². The lowest BCUT2D eigenvalue weighted by Gasteiger charge is -2.11. The van der Waals surface area contributed by atoms with Gasteiger partial charge in [0.15, 0.2) is 0 Å². The first-order valence-corrected chi connectivity index (χ1v) is 8.67. The zero-order valence-electron chi connectivity index (χ0n) is 15.0. The summed E-state index contributed by atoms with van der Waals surface area (Å²) >= 11 is 6.11. The summed E-state index contributed by atoms with van der Waals surface area (Å²) in [4.78, 5) is 28.4. The molecule has 0 atom stereocenters. The highest BCUT2D eigenvalue weighted by atomic mass is 35.5. The van der Waals surface area contributed by atoms with Crippen molar-refractivity contribution in [3.8, 4) is 0 Å². The van der Waals surface area contributed by atoms with Crippen molar-refractivity contribution in [1.29, 1.82) is 0 Å². The Morgan fingerprint density at radius 1 is 1.19 bits per heavy atom. The summed E-state index contributed by atoms with van der Waals surface area (Å²) in [5.41, 5.74) is 1.08. The van der Waals surface area contributed by atoms with Gasteiger partial charge in [-0.1, -0.05) is 25.4 Å². The van der Waals surface area contributed by atoms with Gasteiger partial charge in [-0.3, -0.25) is 4.79 Å². The number of rotatable bonds is 7. The van der Waals surface area contributed by atoms with Crippen LogP contribution in [0.1, 0.15) is 41.0 Å². The maximum atomic E-state index is 12.5. The van der Waals surface area contributed by atoms with E-state index in [-0.39, 0.29) is 5.91 Å². The zero-order chi connectivity index (χ0) is 19.1. The Kier molecular flexibility index (Phi) is 6.97. The van der Waals surface area contributed by atoms with Crippen LogP contribution in [0, 0.1) is 5.92 Å². The number of anilines is 2. The van der Waals surface area contributed by atoms with E-state index in [0.29, 0.717) is 33.6 Å². The molecule has 0 aliphatic heterocycles. The standard InChI is InChI=1S/C19H22ClN3O3/c1-12(2)6-8-21-17-11-13(7-9-22-17)18(24)23-16-10-14(19(25)26-3)4-5-15(16)20/h4-5,7,9-12H,6,8H2,1-3H3,(H,21,22)(H,23,24). The SMILES string of the molecule is COC(=O)c1ccc(Cl)c(NC(=O)c2ccnc(NCCC(C)C)c2)c1. The second-order valence-corrected chi connectivity index (χ2v) is 6.59. The molecule has 1 aromatic carbocycles. The molecule has 1 heterocycles. The molecule has 6 nitrogen and oxygen atoms in total. The number of pyridine rings is 1. The lowest BCUT2D eigenvalue weighted by molar-refractivity contribution is 0.0600. The van der Waals surface area contributed by atoms with E-state index >= 15 is 0 Å². The average molecular weight is 376 g/mol. The quantitative estimate of drug-likeness (QED) is 0.708. The number of aromatic nitrogens is 1. The number of amides is 1. The maximum absolute atomic E-state index is 12.5. The third-order valence-corrected chi connectivity index (χ3v) is 4.02. The van der Waals surface area contributed by atoms with Crippen molar-refractivity contribution in [2.75, 3.05) is 24.3 Å². The minimum atomic E-state index is -0.502. The van der Waals surface area contributed by atoms with Gasteiger partial charge in [0.1, 0.15) is 5.82 Å². The van der Waals surface area contributed by atoms with E-state index in [1.807, 2.05) is 0 Å². The van der Waals surface area contributed by atoms with Gasteiger partial charge in [-0.2, -0.15) is 0 Å². The highest BCUT2D eigenvalue weighted by Gasteiger charge is 2.13. The number of benzene rings is 1. The van der Waals surface area contributed by atoms with Crippen molar-refractivity contribution in [3.63, 3.8) is 0 Å². The Morgan fingerprint density at radius 2 is 1.96 bits per heavy atom. The van der Waals surface area contributed by atoms with E-state index < -0.39 is 5.97 Å². The summed E-state index contributed by atoms with van der Waals surface area (Å²) in [6, 6.07) is 7.84. The zero-order valence-corrected chi connectivity index (χ0v) is 15.8. The number of methoxy groups -OCH3 is 1. The van der Waals surface area contributed by atoms with Crippen LogP contribution in [-0.2, 0) is 4.74 Å². The van der Waals surface area contributed by atoms with Gasteiger partial charge >= 0.3 is 5.97 Å². The van der Waals surface area contributed by atoms with E-state index in [0.717, 1.165) is 13.0 Å². The number of halogens is 1. The van der Waals surface area contributed by atoms with E-state index in [4.69, 9.17) is 11.6 Å². The molecule has 26 heavy (non-hydrogen) atoms. The molecule has 1 amide bonds. The van der Waals surface area contributed by atoms with Crippen LogP contribution in [0.25, 0.3) is 0 Å². The molecule has 2 aromatic rings. The predicted molar refractivity (Wildman–Crippen MR) is 103 cm³/mol. The number of hydrogen-bond acceptors (Lipinski definition) is 5. The molecule has 0 aliphatic carbocycles. The lowest BCUT2D eigenvalue weighted by Crippen LogP contribution is -2.14. The molecule has 0 saturated carbocycles. The van der Waals surface area contributed by atoms with Crippen LogP contribution in [-0.4, -0.2) is 30.5 Å². The van der Waals surface area contributed by atoms with Crippen LogP contribution in [0.2, 0.25) is 5.02 Å². The predicted octanol–water partition coefficient (Wildman–Crippen LogP) is 4.23. The van der Waals surface area contributed by atoms with Gasteiger partial charge in [-0.05, 0) is 42.7 Å². The highest BCUT2D eigenvalue weighted by Crippen LogP contribution is 2.24. The molecule has 1 aromatic heterocycles. The van der Waals surface area contributed by atoms with Gasteiger partial charge in [0.2, 0.25) is 0 Å². The molecular formula is C19H22ClN3O3. The first-order chi connectivity index (χ1) is 12.4. The Morgan fingerprint density at radius 3 is 2.65 bits per heavy atom. The normalized spacial score (nSPS) is 10.5. The number of carbonyl (C=O) groups excluding carboxylic acids is 2. The molecule has 138 valence electrons. The molecule has 2 N–H and O–H groups in total. The summed E-state index contributed by atoms with van der Waals surface area (Å²) in [6.07, 6.45) is 2.58. The summed E-state index contributed by atoms with van der Waals surface area (Å²) in [6.45, 7) is 5.07. The number of ether oxygens (including phenoxy) is 1. The van der Waals surface area contributed by atoms with E-state index in [2.05, 4.69) is 34.2 Å². The molecule has 7 heteroatoms. The smallest absolute Gasteiger partial charge is 0.337 e. The van der Waals surface area contributed by atoms with Gasteiger partial charge in [0.25, 0.3) is 5.91 Å². The second-order valence-electron chi connectivity index (χ2n) is 6.18. The third-order valence-electron chi connectivity index (χ3n) is 3.69. The van der Waals surface area contributed by atoms with Crippen molar-refractivity contribution in [2.45, 2.75) is 20.3 Å². The van der Waals surface area contributed by atoms with Crippen molar-refractivity contribution < 1.29 is 14.3 Å². The fourth-order valence-corrected chi connectivity index (χ4v) is 2.38. The maximum Gasteiger partial charge on any atom is 0.337 e. The molecule has 2 rings (SSSR count). The molecule has 0 unspecified atom stereocenters. The second kappa shape index (κ2) is 9.20. The Bertz CT molecular complexity index is 793. The van der Waals surface area contributed by atoms with Gasteiger partial charge in [0.05, 0.1) is 23.4 Å². The van der Waals surface area contributed by atoms with Gasteiger partial charge in [-0.15, -0.1) is 0 Å². The van der Waals surface area contributed by atoms with Crippen LogP contribution < -0.4 is 10.6 Å². The van der Waals surface area contributed by atoms with Crippen molar-refractivity contribution in [2.24, 2.45) is 5.92 Å². The first kappa shape index (κ1) is 19.7. The summed E-state index contributed by atoms with van der Waals surface area (Å²) in [5.74, 6) is 0.367. The fourth-order valence-electron chi connectivity index (χ4n) is 2.22. The topological polar surface area (TPSA) is 80.3 Å². The van der Waals surface area contributed by atoms with Gasteiger partial charge < -0.3 is 15.4 Å². The largest absolute Gasteiger partial charge is 0.465 e. The molecule has 0 radical (unpaired) electrons. The first-order valence-electron chi connectivity index (χ1n) is 8.30. The summed E-state index contributed by atoms with van der Waals surface area (Å²) < 4.78 is 4.68. The van der Waals surface area contributed by atoms with Crippen LogP contribution in [0.3, 0.4) is 0 Å². The summed E-state index contributed by atoms with van der Waals surface area (Å²) in [5, 5.41) is 6.24. The van der Waals surface area contributed by atoms with Crippen molar-refractivity contribution in [3.05, 3.63) is 52.7 Å². The lowest BCUT2D eigenvalue weighted by atomic mass is 10.1. The van der Waals surface area contributed by atoms with Crippen LogP contribution in [0.5, 0.6) is 0 Å². The molecular weight excluding hydrogens is 354 g/mol. The average Bonchev–Trinajstić information content (AvgIpc) is 2.62. The van der Waals surface area contributed by atoms with E-state index in [9.17, 15) is 9.59 Å². The molecule has 0 saturated heterocycles. The van der Waals surface area contributed by atoms with Crippen molar-refractivity contribution in [1.82, 2.24) is 4.98 Å². The number of nitrogens with one attached hydrogen (secondary N) is 2. The Labute approximate surface area is 157 Å². The van der Waals surface area contributed by atoms with Crippen molar-refractivity contribution >= 4 is 35.0 Å². The van der Waals surface area contributed by atoms with E-state index in [1.165, 1.54) is 25.3 Å². The van der Waals surface area contributed by atoms with Gasteiger partial charge in [-0.25, -0.2) is 9.78 Å². The van der Waals surface area contributed by atoms with Crippen LogP contribution >= 0.6 is 11.6 Å². The number of esters is 1. The molecule has 0 aliphatic rings. The minimum Gasteiger partial charge on any atom is -0.465 e. The Balaban J connectivity index is 2.11.